The highest BCUT2D eigenvalue weighted by molar-refractivity contribution is 7.90. The van der Waals surface area contributed by atoms with Crippen LogP contribution < -0.4 is 5.32 Å². The molecule has 2 aliphatic rings. The average Bonchev–Trinajstić information content (AvgIpc) is 3.09. The molecule has 9 heteroatoms. The Labute approximate surface area is 168 Å². The number of benzene rings is 2. The summed E-state index contributed by atoms with van der Waals surface area (Å²) in [5, 5.41) is 2.74. The van der Waals surface area contributed by atoms with Gasteiger partial charge in [-0.15, -0.1) is 0 Å². The highest BCUT2D eigenvalue weighted by atomic mass is 32.2. The Morgan fingerprint density at radius 2 is 1.59 bits per heavy atom. The predicted molar refractivity (Wildman–Crippen MR) is 103 cm³/mol. The van der Waals surface area contributed by atoms with Crippen molar-refractivity contribution in [1.82, 2.24) is 14.5 Å². The van der Waals surface area contributed by atoms with E-state index >= 15 is 0 Å². The van der Waals surface area contributed by atoms with E-state index in [9.17, 15) is 22.8 Å². The van der Waals surface area contributed by atoms with Gasteiger partial charge in [0.25, 0.3) is 21.8 Å². The minimum Gasteiger partial charge on any atom is -0.319 e. The predicted octanol–water partition coefficient (Wildman–Crippen LogP) is 1.69. The number of nitrogens with zero attached hydrogens (tertiary/aromatic N) is 2. The Balaban J connectivity index is 1.58. The minimum atomic E-state index is -3.99. The van der Waals surface area contributed by atoms with Crippen molar-refractivity contribution in [3.63, 3.8) is 0 Å². The number of urea groups is 1. The van der Waals surface area contributed by atoms with Crippen molar-refractivity contribution >= 4 is 27.9 Å². The molecule has 2 heterocycles. The first-order chi connectivity index (χ1) is 13.8. The maximum absolute atomic E-state index is 13.1. The van der Waals surface area contributed by atoms with Gasteiger partial charge in [0.1, 0.15) is 10.4 Å². The molecule has 2 aromatic rings. The Bertz CT molecular complexity index is 1120. The fourth-order valence-corrected chi connectivity index (χ4v) is 5.39. The molecule has 0 radical (unpaired) electrons. The first-order valence-corrected chi connectivity index (χ1v) is 10.6. The summed E-state index contributed by atoms with van der Waals surface area (Å²) >= 11 is 0. The van der Waals surface area contributed by atoms with Crippen LogP contribution in [0.3, 0.4) is 0 Å². The van der Waals surface area contributed by atoms with Crippen LogP contribution in [0.15, 0.2) is 59.5 Å². The maximum Gasteiger partial charge on any atom is 0.325 e. The van der Waals surface area contributed by atoms with Crippen LogP contribution >= 0.6 is 0 Å². The second-order valence-corrected chi connectivity index (χ2v) is 8.72. The highest BCUT2D eigenvalue weighted by Crippen LogP contribution is 2.33. The lowest BCUT2D eigenvalue weighted by Gasteiger charge is -2.26. The van der Waals surface area contributed by atoms with Crippen LogP contribution in [-0.2, 0) is 20.4 Å². The number of carbonyl (C=O) groups excluding carboxylic acids is 3. The van der Waals surface area contributed by atoms with Gasteiger partial charge in [0.15, 0.2) is 0 Å². The molecule has 1 fully saturated rings. The quantitative estimate of drug-likeness (QED) is 0.752. The molecular formula is C20H19N3O5S. The van der Waals surface area contributed by atoms with Crippen LogP contribution in [0.25, 0.3) is 0 Å². The van der Waals surface area contributed by atoms with Crippen molar-refractivity contribution in [2.45, 2.75) is 23.8 Å². The number of rotatable bonds is 5. The summed E-state index contributed by atoms with van der Waals surface area (Å²) in [7, 11) is -3.99. The summed E-state index contributed by atoms with van der Waals surface area (Å²) in [4.78, 5) is 39.1. The van der Waals surface area contributed by atoms with E-state index in [1.807, 2.05) is 6.07 Å². The molecule has 4 rings (SSSR count). The summed E-state index contributed by atoms with van der Waals surface area (Å²) in [5.74, 6) is -1.12. The first-order valence-electron chi connectivity index (χ1n) is 9.18. The molecule has 2 aliphatic heterocycles. The van der Waals surface area contributed by atoms with Crippen LogP contribution in [0.1, 0.15) is 29.3 Å². The molecule has 1 saturated heterocycles. The van der Waals surface area contributed by atoms with E-state index in [0.717, 1.165) is 4.90 Å². The van der Waals surface area contributed by atoms with Crippen LogP contribution in [0.2, 0.25) is 0 Å². The third-order valence-electron chi connectivity index (χ3n) is 5.41. The molecule has 29 heavy (non-hydrogen) atoms. The molecule has 8 nitrogen and oxygen atoms in total. The Hall–Kier alpha value is -3.20. The average molecular weight is 413 g/mol. The van der Waals surface area contributed by atoms with Gasteiger partial charge in [0, 0.05) is 6.54 Å². The number of hydrogen-bond donors (Lipinski definition) is 1. The summed E-state index contributed by atoms with van der Waals surface area (Å²) in [6.45, 7) is 1.27. The number of hydrogen-bond acceptors (Lipinski definition) is 5. The fourth-order valence-electron chi connectivity index (χ4n) is 3.83. The van der Waals surface area contributed by atoms with E-state index in [1.54, 1.807) is 43.3 Å². The van der Waals surface area contributed by atoms with Crippen LogP contribution in [0.4, 0.5) is 4.79 Å². The van der Waals surface area contributed by atoms with Crippen molar-refractivity contribution in [2.75, 3.05) is 13.1 Å². The van der Waals surface area contributed by atoms with Gasteiger partial charge in [-0.25, -0.2) is 17.5 Å². The zero-order chi connectivity index (χ0) is 20.8. The molecule has 0 saturated carbocycles. The van der Waals surface area contributed by atoms with Gasteiger partial charge in [-0.05, 0) is 24.1 Å². The fraction of sp³-hybridized carbons (Fsp3) is 0.250. The molecule has 1 N–H and O–H groups in total. The molecule has 0 spiro atoms. The van der Waals surface area contributed by atoms with Crippen molar-refractivity contribution in [1.29, 1.82) is 0 Å². The number of nitrogens with one attached hydrogen (secondary N) is 1. The molecule has 0 aromatic heterocycles. The molecule has 150 valence electrons. The Morgan fingerprint density at radius 3 is 2.24 bits per heavy atom. The van der Waals surface area contributed by atoms with E-state index < -0.39 is 33.4 Å². The largest absolute Gasteiger partial charge is 0.325 e. The molecule has 0 aliphatic carbocycles. The lowest BCUT2D eigenvalue weighted by molar-refractivity contribution is -0.131. The smallest absolute Gasteiger partial charge is 0.319 e. The number of amides is 4. The van der Waals surface area contributed by atoms with Gasteiger partial charge in [0.2, 0.25) is 0 Å². The third kappa shape index (κ3) is 2.72. The van der Waals surface area contributed by atoms with Gasteiger partial charge in [-0.3, -0.25) is 14.5 Å². The number of sulfonamides is 1. The minimum absolute atomic E-state index is 0.0607. The SMILES string of the molecule is CC[C@@]1(c2ccccc2)NC(=O)N(CCN2C(=O)c3ccccc3S2(=O)=O)C1=O. The van der Waals surface area contributed by atoms with Crippen LogP contribution in [0.5, 0.6) is 0 Å². The van der Waals surface area contributed by atoms with Crippen molar-refractivity contribution < 1.29 is 22.8 Å². The third-order valence-corrected chi connectivity index (χ3v) is 7.25. The second kappa shape index (κ2) is 6.70. The van der Waals surface area contributed by atoms with E-state index in [-0.39, 0.29) is 23.5 Å². The van der Waals surface area contributed by atoms with Gasteiger partial charge in [0.05, 0.1) is 12.1 Å². The maximum atomic E-state index is 13.1. The lowest BCUT2D eigenvalue weighted by atomic mass is 9.87. The monoisotopic (exact) mass is 413 g/mol. The van der Waals surface area contributed by atoms with Gasteiger partial charge >= 0.3 is 6.03 Å². The van der Waals surface area contributed by atoms with Crippen molar-refractivity contribution in [2.24, 2.45) is 0 Å². The summed E-state index contributed by atoms with van der Waals surface area (Å²) < 4.78 is 26.1. The molecule has 0 unspecified atom stereocenters. The molecular weight excluding hydrogens is 394 g/mol. The number of carbonyl (C=O) groups is 3. The van der Waals surface area contributed by atoms with Crippen LogP contribution in [-0.4, -0.2) is 48.6 Å². The topological polar surface area (TPSA) is 104 Å². The number of imide groups is 1. The van der Waals surface area contributed by atoms with Gasteiger partial charge in [-0.1, -0.05) is 49.4 Å². The second-order valence-electron chi connectivity index (χ2n) is 6.89. The van der Waals surface area contributed by atoms with Gasteiger partial charge in [-0.2, -0.15) is 0 Å². The molecule has 2 aromatic carbocycles. The zero-order valence-corrected chi connectivity index (χ0v) is 16.5. The number of fused-ring (bicyclic) bond motifs is 1. The zero-order valence-electron chi connectivity index (χ0n) is 15.7. The molecule has 4 amide bonds. The Kier molecular flexibility index (Phi) is 4.42. The van der Waals surface area contributed by atoms with E-state index in [4.69, 9.17) is 0 Å². The summed E-state index contributed by atoms with van der Waals surface area (Å²) in [6.07, 6.45) is 0.338. The normalized spacial score (nSPS) is 22.7. The van der Waals surface area contributed by atoms with Crippen molar-refractivity contribution in [3.05, 3.63) is 65.7 Å². The molecule has 1 atom stereocenters. The highest BCUT2D eigenvalue weighted by Gasteiger charge is 2.51. The van der Waals surface area contributed by atoms with Crippen molar-refractivity contribution in [3.8, 4) is 0 Å². The summed E-state index contributed by atoms with van der Waals surface area (Å²) in [5.41, 5.74) is -0.452. The standard InChI is InChI=1S/C20H19N3O5S/c1-2-20(14-8-4-3-5-9-14)18(25)22(19(26)21-20)12-13-23-17(24)15-10-6-7-11-16(15)29(23,27)28/h3-11H,2,12-13H2,1H3,(H,21,26)/t20-/m0/s1. The van der Waals surface area contributed by atoms with Gasteiger partial charge < -0.3 is 5.32 Å². The van der Waals surface area contributed by atoms with E-state index in [0.29, 0.717) is 16.3 Å². The first kappa shape index (κ1) is 19.1. The lowest BCUT2D eigenvalue weighted by Crippen LogP contribution is -2.44. The summed E-state index contributed by atoms with van der Waals surface area (Å²) in [6, 6.07) is 14.2. The van der Waals surface area contributed by atoms with E-state index in [1.165, 1.54) is 12.1 Å². The van der Waals surface area contributed by atoms with Crippen LogP contribution in [0, 0.1) is 0 Å². The Morgan fingerprint density at radius 1 is 0.931 bits per heavy atom. The molecule has 0 bridgehead atoms. The van der Waals surface area contributed by atoms with E-state index in [2.05, 4.69) is 5.32 Å².